The third-order valence-electron chi connectivity index (χ3n) is 4.65. The first kappa shape index (κ1) is 19.1. The van der Waals surface area contributed by atoms with Crippen LogP contribution in [0, 0.1) is 0 Å². The lowest BCUT2D eigenvalue weighted by atomic mass is 10.1. The Kier molecular flexibility index (Phi) is 6.00. The van der Waals surface area contributed by atoms with Crippen LogP contribution in [0.1, 0.15) is 9.67 Å². The van der Waals surface area contributed by atoms with Gasteiger partial charge in [-0.1, -0.05) is 36.4 Å². The Balaban J connectivity index is 1.65. The van der Waals surface area contributed by atoms with E-state index in [4.69, 9.17) is 4.74 Å². The molecule has 4 nitrogen and oxygen atoms in total. The van der Waals surface area contributed by atoms with Crippen molar-refractivity contribution >= 4 is 39.7 Å². The van der Waals surface area contributed by atoms with E-state index in [1.54, 1.807) is 23.1 Å². The maximum atomic E-state index is 12.9. The number of anilines is 2. The van der Waals surface area contributed by atoms with Crippen molar-refractivity contribution in [3.63, 3.8) is 0 Å². The molecule has 3 aromatic rings. The van der Waals surface area contributed by atoms with Crippen molar-refractivity contribution in [2.45, 2.75) is 4.90 Å². The van der Waals surface area contributed by atoms with Gasteiger partial charge in [0, 0.05) is 29.2 Å². The van der Waals surface area contributed by atoms with Crippen molar-refractivity contribution in [2.75, 3.05) is 42.8 Å². The van der Waals surface area contributed by atoms with Gasteiger partial charge in [-0.3, -0.25) is 4.79 Å². The highest BCUT2D eigenvalue weighted by Crippen LogP contribution is 2.39. The van der Waals surface area contributed by atoms with Crippen molar-refractivity contribution in [1.82, 2.24) is 0 Å². The molecule has 28 heavy (non-hydrogen) atoms. The summed E-state index contributed by atoms with van der Waals surface area (Å²) >= 11 is 3.21. The predicted octanol–water partition coefficient (Wildman–Crippen LogP) is 5.23. The number of rotatable bonds is 5. The second-order valence-corrected chi connectivity index (χ2v) is 8.39. The summed E-state index contributed by atoms with van der Waals surface area (Å²) in [5.74, 6) is -0.0695. The molecule has 144 valence electrons. The zero-order valence-corrected chi connectivity index (χ0v) is 17.3. The van der Waals surface area contributed by atoms with E-state index >= 15 is 0 Å². The Morgan fingerprint density at radius 1 is 1.07 bits per heavy atom. The fourth-order valence-corrected chi connectivity index (χ4v) is 4.80. The number of hydrogen-bond donors (Lipinski definition) is 1. The zero-order chi connectivity index (χ0) is 19.3. The molecular weight excluding hydrogens is 388 g/mol. The molecule has 6 heteroatoms. The quantitative estimate of drug-likeness (QED) is 0.585. The molecule has 0 saturated carbocycles. The Labute approximate surface area is 173 Å². The summed E-state index contributed by atoms with van der Waals surface area (Å²) in [4.78, 5) is 17.1. The van der Waals surface area contributed by atoms with Gasteiger partial charge in [-0.2, -0.15) is 0 Å². The van der Waals surface area contributed by atoms with Gasteiger partial charge in [0.1, 0.15) is 0 Å². The number of nitrogens with one attached hydrogen (secondary N) is 1. The molecular formula is C22H22N2O2S2. The summed E-state index contributed by atoms with van der Waals surface area (Å²) in [6.45, 7) is 3.12. The molecule has 1 amide bonds. The van der Waals surface area contributed by atoms with Gasteiger partial charge in [-0.05, 0) is 36.1 Å². The number of thiophene rings is 1. The second-order valence-electron chi connectivity index (χ2n) is 6.48. The van der Waals surface area contributed by atoms with Crippen molar-refractivity contribution in [2.24, 2.45) is 0 Å². The molecule has 1 aliphatic rings. The molecule has 0 bridgehead atoms. The minimum absolute atomic E-state index is 0.0695. The van der Waals surface area contributed by atoms with E-state index in [0.717, 1.165) is 57.9 Å². The lowest BCUT2D eigenvalue weighted by Crippen LogP contribution is -2.35. The highest BCUT2D eigenvalue weighted by atomic mass is 32.2. The Hall–Kier alpha value is -2.28. The summed E-state index contributed by atoms with van der Waals surface area (Å²) < 4.78 is 5.50. The maximum absolute atomic E-state index is 12.9. The third-order valence-corrected chi connectivity index (χ3v) is 6.57. The minimum atomic E-state index is -0.0695. The molecule has 1 saturated heterocycles. The number of carbonyl (C=O) groups excluding carboxylic acids is 1. The minimum Gasteiger partial charge on any atom is -0.378 e. The average molecular weight is 411 g/mol. The molecule has 1 aliphatic heterocycles. The van der Waals surface area contributed by atoms with Crippen LogP contribution in [0.2, 0.25) is 0 Å². The fraction of sp³-hybridized carbons (Fsp3) is 0.227. The molecule has 1 fully saturated rings. The number of morpholine rings is 1. The van der Waals surface area contributed by atoms with E-state index in [1.165, 1.54) is 0 Å². The van der Waals surface area contributed by atoms with Crippen molar-refractivity contribution in [1.29, 1.82) is 0 Å². The van der Waals surface area contributed by atoms with E-state index < -0.39 is 0 Å². The molecule has 1 N–H and O–H groups in total. The van der Waals surface area contributed by atoms with Gasteiger partial charge in [0.15, 0.2) is 0 Å². The maximum Gasteiger partial charge on any atom is 0.265 e. The van der Waals surface area contributed by atoms with Crippen molar-refractivity contribution in [3.05, 3.63) is 65.5 Å². The molecule has 4 rings (SSSR count). The largest absolute Gasteiger partial charge is 0.378 e. The van der Waals surface area contributed by atoms with Gasteiger partial charge in [-0.25, -0.2) is 0 Å². The monoisotopic (exact) mass is 410 g/mol. The highest BCUT2D eigenvalue weighted by Gasteiger charge is 2.22. The van der Waals surface area contributed by atoms with E-state index in [2.05, 4.69) is 22.3 Å². The Morgan fingerprint density at radius 3 is 2.61 bits per heavy atom. The van der Waals surface area contributed by atoms with E-state index in [1.807, 2.05) is 54.8 Å². The summed E-state index contributed by atoms with van der Waals surface area (Å²) in [6, 6.07) is 20.2. The molecule has 0 atom stereocenters. The van der Waals surface area contributed by atoms with Gasteiger partial charge in [0.05, 0.1) is 23.1 Å². The van der Waals surface area contributed by atoms with Crippen LogP contribution < -0.4 is 10.2 Å². The van der Waals surface area contributed by atoms with Gasteiger partial charge < -0.3 is 15.0 Å². The second kappa shape index (κ2) is 8.82. The standard InChI is InChI=1S/C22H22N2O2S2/c1-27-18-9-5-8-17(14-18)23-21(25)20-15-19(16-6-3-2-4-7-16)22(28-20)24-10-12-26-13-11-24/h2-9,14-15H,10-13H2,1H3,(H,23,25). The summed E-state index contributed by atoms with van der Waals surface area (Å²) in [7, 11) is 0. The Bertz CT molecular complexity index is 950. The molecule has 2 heterocycles. The van der Waals surface area contributed by atoms with Crippen LogP contribution in [0.3, 0.4) is 0 Å². The van der Waals surface area contributed by atoms with E-state index in [0.29, 0.717) is 0 Å². The van der Waals surface area contributed by atoms with Gasteiger partial charge >= 0.3 is 0 Å². The molecule has 0 unspecified atom stereocenters. The first-order valence-corrected chi connectivity index (χ1v) is 11.3. The average Bonchev–Trinajstić information content (AvgIpc) is 3.21. The van der Waals surface area contributed by atoms with E-state index in [9.17, 15) is 4.79 Å². The van der Waals surface area contributed by atoms with Crippen LogP contribution in [0.5, 0.6) is 0 Å². The van der Waals surface area contributed by atoms with Gasteiger partial charge in [-0.15, -0.1) is 23.1 Å². The number of nitrogens with zero attached hydrogens (tertiary/aromatic N) is 1. The summed E-state index contributed by atoms with van der Waals surface area (Å²) in [5.41, 5.74) is 3.05. The molecule has 0 aliphatic carbocycles. The first-order valence-electron chi connectivity index (χ1n) is 9.22. The number of hydrogen-bond acceptors (Lipinski definition) is 5. The topological polar surface area (TPSA) is 41.6 Å². The van der Waals surface area contributed by atoms with E-state index in [-0.39, 0.29) is 5.91 Å². The van der Waals surface area contributed by atoms with Crippen LogP contribution in [0.4, 0.5) is 10.7 Å². The molecule has 2 aromatic carbocycles. The number of amides is 1. The Morgan fingerprint density at radius 2 is 1.86 bits per heavy atom. The first-order chi connectivity index (χ1) is 13.7. The summed E-state index contributed by atoms with van der Waals surface area (Å²) in [6.07, 6.45) is 2.03. The number of ether oxygens (including phenoxy) is 1. The lowest BCUT2D eigenvalue weighted by molar-refractivity contribution is 0.103. The number of benzene rings is 2. The van der Waals surface area contributed by atoms with Crippen LogP contribution >= 0.6 is 23.1 Å². The predicted molar refractivity (Wildman–Crippen MR) is 119 cm³/mol. The highest BCUT2D eigenvalue weighted by molar-refractivity contribution is 7.98. The number of thioether (sulfide) groups is 1. The normalized spacial score (nSPS) is 14.1. The third kappa shape index (κ3) is 4.24. The van der Waals surface area contributed by atoms with Gasteiger partial charge in [0.2, 0.25) is 0 Å². The fourth-order valence-electron chi connectivity index (χ4n) is 3.21. The van der Waals surface area contributed by atoms with Crippen molar-refractivity contribution < 1.29 is 9.53 Å². The van der Waals surface area contributed by atoms with Gasteiger partial charge in [0.25, 0.3) is 5.91 Å². The smallest absolute Gasteiger partial charge is 0.265 e. The van der Waals surface area contributed by atoms with Crippen molar-refractivity contribution in [3.8, 4) is 11.1 Å². The zero-order valence-electron chi connectivity index (χ0n) is 15.7. The van der Waals surface area contributed by atoms with Crippen LogP contribution in [-0.2, 0) is 4.74 Å². The summed E-state index contributed by atoms with van der Waals surface area (Å²) in [5, 5.41) is 4.18. The molecule has 0 spiro atoms. The SMILES string of the molecule is CSc1cccc(NC(=O)c2cc(-c3ccccc3)c(N3CCOCC3)s2)c1. The lowest BCUT2D eigenvalue weighted by Gasteiger charge is -2.28. The molecule has 0 radical (unpaired) electrons. The number of carbonyl (C=O) groups is 1. The van der Waals surface area contributed by atoms with Crippen LogP contribution in [-0.4, -0.2) is 38.5 Å². The van der Waals surface area contributed by atoms with Crippen LogP contribution in [0.25, 0.3) is 11.1 Å². The molecule has 1 aromatic heterocycles. The van der Waals surface area contributed by atoms with Crippen LogP contribution in [0.15, 0.2) is 65.6 Å².